The van der Waals surface area contributed by atoms with Crippen LogP contribution < -0.4 is 5.32 Å². The summed E-state index contributed by atoms with van der Waals surface area (Å²) in [6, 6.07) is 6.54. The zero-order chi connectivity index (χ0) is 21.4. The van der Waals surface area contributed by atoms with Gasteiger partial charge in [-0.15, -0.1) is 0 Å². The van der Waals surface area contributed by atoms with Gasteiger partial charge in [0.2, 0.25) is 0 Å². The van der Waals surface area contributed by atoms with Crippen LogP contribution in [0.25, 0.3) is 0 Å². The summed E-state index contributed by atoms with van der Waals surface area (Å²) in [6.45, 7) is 0. The molecule has 8 nitrogen and oxygen atoms in total. The summed E-state index contributed by atoms with van der Waals surface area (Å²) in [7, 11) is 0. The van der Waals surface area contributed by atoms with E-state index >= 15 is 0 Å². The summed E-state index contributed by atoms with van der Waals surface area (Å²) in [5.41, 5.74) is 0.388. The van der Waals surface area contributed by atoms with Gasteiger partial charge in [-0.2, -0.15) is 18.2 Å². The van der Waals surface area contributed by atoms with Crippen molar-refractivity contribution in [1.82, 2.24) is 10.1 Å². The molecular weight excluding hydrogens is 402 g/mol. The Balaban J connectivity index is 0.000000298. The lowest BCUT2D eigenvalue weighted by Gasteiger charge is -2.31. The van der Waals surface area contributed by atoms with Crippen molar-refractivity contribution in [2.75, 3.05) is 5.32 Å². The minimum Gasteiger partial charge on any atom is -0.481 e. The smallest absolute Gasteiger partial charge is 0.481 e. The SMILES string of the molecule is O=C(O)C(F)(F)F.O=C(O)[C@@]12C[C@H](Nc3nc(Cc4ccc(F)cc4)no3)[C@@H]1C2. The predicted molar refractivity (Wildman–Crippen MR) is 87.4 cm³/mol. The van der Waals surface area contributed by atoms with Gasteiger partial charge in [-0.3, -0.25) is 4.79 Å². The third-order valence-corrected chi connectivity index (χ3v) is 4.92. The molecule has 2 saturated carbocycles. The van der Waals surface area contributed by atoms with E-state index < -0.39 is 23.5 Å². The van der Waals surface area contributed by atoms with Crippen LogP contribution >= 0.6 is 0 Å². The molecule has 4 rings (SSSR count). The molecule has 1 aromatic carbocycles. The van der Waals surface area contributed by atoms with Crippen molar-refractivity contribution in [2.24, 2.45) is 11.3 Å². The number of hydrogen-bond acceptors (Lipinski definition) is 6. The number of aliphatic carboxylic acids is 2. The van der Waals surface area contributed by atoms with Crippen LogP contribution in [0.4, 0.5) is 23.6 Å². The Morgan fingerprint density at radius 1 is 1.21 bits per heavy atom. The second-order valence-corrected chi connectivity index (χ2v) is 6.85. The first kappa shape index (κ1) is 20.6. The molecule has 0 radical (unpaired) electrons. The first-order chi connectivity index (χ1) is 13.5. The second kappa shape index (κ2) is 7.33. The monoisotopic (exact) mass is 417 g/mol. The fourth-order valence-corrected chi connectivity index (χ4v) is 3.28. The molecule has 0 saturated heterocycles. The fourth-order valence-electron chi connectivity index (χ4n) is 3.28. The molecule has 0 unspecified atom stereocenters. The zero-order valence-electron chi connectivity index (χ0n) is 14.6. The van der Waals surface area contributed by atoms with E-state index in [1.165, 1.54) is 12.1 Å². The van der Waals surface area contributed by atoms with Crippen LogP contribution in [0, 0.1) is 17.2 Å². The topological polar surface area (TPSA) is 126 Å². The maximum atomic E-state index is 12.8. The van der Waals surface area contributed by atoms with Crippen LogP contribution in [0.15, 0.2) is 28.8 Å². The molecule has 0 bridgehead atoms. The van der Waals surface area contributed by atoms with E-state index in [1.807, 2.05) is 0 Å². The highest BCUT2D eigenvalue weighted by atomic mass is 19.4. The summed E-state index contributed by atoms with van der Waals surface area (Å²) in [4.78, 5) is 24.2. The van der Waals surface area contributed by atoms with Gasteiger partial charge in [0.15, 0.2) is 5.82 Å². The highest BCUT2D eigenvalue weighted by Crippen LogP contribution is 2.68. The quantitative estimate of drug-likeness (QED) is 0.634. The van der Waals surface area contributed by atoms with Crippen LogP contribution in [0.3, 0.4) is 0 Å². The number of alkyl halides is 3. The molecule has 2 aliphatic rings. The van der Waals surface area contributed by atoms with Gasteiger partial charge in [-0.05, 0) is 36.5 Å². The molecule has 0 aliphatic heterocycles. The van der Waals surface area contributed by atoms with Crippen molar-refractivity contribution in [1.29, 1.82) is 0 Å². The standard InChI is InChI=1S/C15H14FN3O3.C2HF3O2/c16-9-3-1-8(2-4-9)5-12-18-14(22-19-12)17-11-7-15(13(20)21)6-10(11)15;3-2(4,5)1(6)7/h1-4,10-11H,5-7H2,(H,20,21)(H,17,18,19);(H,6,7)/t10-,11-,15-;/m0./s1. The Labute approximate surface area is 160 Å². The van der Waals surface area contributed by atoms with E-state index in [4.69, 9.17) is 19.5 Å². The number of nitrogens with zero attached hydrogens (tertiary/aromatic N) is 2. The molecule has 29 heavy (non-hydrogen) atoms. The number of anilines is 1. The Bertz CT molecular complexity index is 915. The number of hydrogen-bond donors (Lipinski definition) is 3. The van der Waals surface area contributed by atoms with Gasteiger partial charge in [0.25, 0.3) is 0 Å². The molecule has 3 N–H and O–H groups in total. The summed E-state index contributed by atoms with van der Waals surface area (Å²) in [5, 5.41) is 23.2. The van der Waals surface area contributed by atoms with E-state index in [0.29, 0.717) is 24.7 Å². The van der Waals surface area contributed by atoms with Gasteiger partial charge < -0.3 is 20.1 Å². The van der Waals surface area contributed by atoms with E-state index in [-0.39, 0.29) is 17.8 Å². The molecule has 2 aromatic rings. The first-order valence-electron chi connectivity index (χ1n) is 8.38. The molecule has 0 amide bonds. The molecule has 12 heteroatoms. The lowest BCUT2D eigenvalue weighted by atomic mass is 9.80. The minimum absolute atomic E-state index is 0.0928. The van der Waals surface area contributed by atoms with Gasteiger partial charge >= 0.3 is 24.1 Å². The number of carboxylic acid groups (broad SMARTS) is 2. The number of rotatable bonds is 5. The molecule has 1 aromatic heterocycles. The van der Waals surface area contributed by atoms with Crippen LogP contribution in [0.2, 0.25) is 0 Å². The zero-order valence-corrected chi connectivity index (χ0v) is 14.6. The average molecular weight is 417 g/mol. The number of fused-ring (bicyclic) bond motifs is 1. The molecule has 2 aliphatic carbocycles. The third kappa shape index (κ3) is 4.46. The number of halogens is 4. The van der Waals surface area contributed by atoms with Crippen LogP contribution in [-0.4, -0.2) is 44.5 Å². The molecular formula is C17H15F4N3O5. The molecule has 1 heterocycles. The van der Waals surface area contributed by atoms with Crippen molar-refractivity contribution in [3.8, 4) is 0 Å². The Hall–Kier alpha value is -3.18. The lowest BCUT2D eigenvalue weighted by molar-refractivity contribution is -0.192. The van der Waals surface area contributed by atoms with Crippen molar-refractivity contribution in [3.63, 3.8) is 0 Å². The second-order valence-electron chi connectivity index (χ2n) is 6.85. The first-order valence-corrected chi connectivity index (χ1v) is 8.38. The maximum Gasteiger partial charge on any atom is 0.490 e. The third-order valence-electron chi connectivity index (χ3n) is 4.92. The van der Waals surface area contributed by atoms with Gasteiger partial charge in [-0.1, -0.05) is 17.3 Å². The van der Waals surface area contributed by atoms with Crippen LogP contribution in [0.5, 0.6) is 0 Å². The summed E-state index contributed by atoms with van der Waals surface area (Å²) < 4.78 is 49.7. The predicted octanol–water partition coefficient (Wildman–Crippen LogP) is 2.71. The lowest BCUT2D eigenvalue weighted by Crippen LogP contribution is -2.41. The number of carbonyl (C=O) groups is 2. The highest BCUT2D eigenvalue weighted by Gasteiger charge is 2.72. The summed E-state index contributed by atoms with van der Waals surface area (Å²) in [5.74, 6) is -3.08. The maximum absolute atomic E-state index is 12.8. The number of aromatic nitrogens is 2. The normalized spacial score (nSPS) is 24.4. The number of carboxylic acids is 2. The molecule has 156 valence electrons. The van der Waals surface area contributed by atoms with E-state index in [1.54, 1.807) is 12.1 Å². The number of nitrogens with one attached hydrogen (secondary N) is 1. The Morgan fingerprint density at radius 3 is 2.31 bits per heavy atom. The summed E-state index contributed by atoms with van der Waals surface area (Å²) in [6.07, 6.45) is -3.31. The van der Waals surface area contributed by atoms with Crippen molar-refractivity contribution in [3.05, 3.63) is 41.5 Å². The average Bonchev–Trinajstić information content (AvgIpc) is 3.01. The molecule has 2 fully saturated rings. The molecule has 3 atom stereocenters. The van der Waals surface area contributed by atoms with Gasteiger partial charge in [0, 0.05) is 12.5 Å². The van der Waals surface area contributed by atoms with Crippen molar-refractivity contribution >= 4 is 18.0 Å². The van der Waals surface area contributed by atoms with Gasteiger partial charge in [0.1, 0.15) is 5.82 Å². The minimum atomic E-state index is -5.08. The van der Waals surface area contributed by atoms with Crippen molar-refractivity contribution in [2.45, 2.75) is 31.5 Å². The van der Waals surface area contributed by atoms with Gasteiger partial charge in [-0.25, -0.2) is 9.18 Å². The van der Waals surface area contributed by atoms with E-state index in [0.717, 1.165) is 12.0 Å². The van der Waals surface area contributed by atoms with E-state index in [9.17, 15) is 22.4 Å². The largest absolute Gasteiger partial charge is 0.490 e. The molecule has 0 spiro atoms. The Morgan fingerprint density at radius 2 is 1.83 bits per heavy atom. The summed E-state index contributed by atoms with van der Waals surface area (Å²) >= 11 is 0. The fraction of sp³-hybridized carbons (Fsp3) is 0.412. The van der Waals surface area contributed by atoms with Crippen LogP contribution in [0.1, 0.15) is 24.2 Å². The van der Waals surface area contributed by atoms with Gasteiger partial charge in [0.05, 0.1) is 5.41 Å². The number of benzene rings is 1. The Kier molecular flexibility index (Phi) is 5.20. The highest BCUT2D eigenvalue weighted by molar-refractivity contribution is 5.81. The van der Waals surface area contributed by atoms with E-state index in [2.05, 4.69) is 15.5 Å². The van der Waals surface area contributed by atoms with Crippen LogP contribution in [-0.2, 0) is 16.0 Å². The van der Waals surface area contributed by atoms with Crippen molar-refractivity contribution < 1.29 is 41.9 Å².